The molecule has 9 heavy (non-hydrogen) atoms. The highest BCUT2D eigenvalue weighted by Crippen LogP contribution is 1.94. The molecule has 0 aliphatic carbocycles. The Morgan fingerprint density at radius 2 is 2.22 bits per heavy atom. The topological polar surface area (TPSA) is 17.1 Å². The molecule has 0 spiro atoms. The van der Waals surface area contributed by atoms with Crippen LogP contribution in [0, 0.1) is 0 Å². The van der Waals surface area contributed by atoms with Gasteiger partial charge in [-0.1, -0.05) is 6.92 Å². The largest absolute Gasteiger partial charge is 0.257 e. The number of alkyl halides is 2. The lowest BCUT2D eigenvalue weighted by molar-refractivity contribution is 0.204. The second-order valence-electron chi connectivity index (χ2n) is 1.33. The molecule has 0 heterocycles. The smallest absolute Gasteiger partial charge is 0.255 e. The van der Waals surface area contributed by atoms with E-state index in [1.165, 1.54) is 0 Å². The lowest BCUT2D eigenvalue weighted by Crippen LogP contribution is -1.88. The minimum atomic E-state index is -2.49. The van der Waals surface area contributed by atoms with Gasteiger partial charge in [0.15, 0.2) is 0 Å². The average Bonchev–Trinajstić information content (AvgIpc) is 1.83. The molecule has 1 nitrogen and oxygen atoms in total. The molecule has 0 aliphatic heterocycles. The summed E-state index contributed by atoms with van der Waals surface area (Å²) >= 11 is 0. The van der Waals surface area contributed by atoms with E-state index in [-0.39, 0.29) is 0 Å². The maximum atomic E-state index is 11.3. The van der Waals surface area contributed by atoms with Gasteiger partial charge in [0.05, 0.1) is 0 Å². The van der Waals surface area contributed by atoms with Gasteiger partial charge in [0.1, 0.15) is 0 Å². The van der Waals surface area contributed by atoms with E-state index in [4.69, 9.17) is 0 Å². The van der Waals surface area contributed by atoms with Crippen molar-refractivity contribution >= 4 is 10.8 Å². The van der Waals surface area contributed by atoms with Crippen LogP contribution in [-0.2, 0) is 10.8 Å². The van der Waals surface area contributed by atoms with E-state index in [0.29, 0.717) is 11.8 Å². The van der Waals surface area contributed by atoms with Crippen molar-refractivity contribution in [3.8, 4) is 0 Å². The molecule has 0 aromatic rings. The number of halogens is 2. The Labute approximate surface area is 55.2 Å². The van der Waals surface area contributed by atoms with Gasteiger partial charge in [0, 0.05) is 22.0 Å². The number of hydrogen-bond donors (Lipinski definition) is 0. The summed E-state index contributed by atoms with van der Waals surface area (Å²) in [7, 11) is -1.21. The average molecular weight is 154 g/mol. The van der Waals surface area contributed by atoms with Crippen LogP contribution in [0.5, 0.6) is 0 Å². The van der Waals surface area contributed by atoms with Gasteiger partial charge >= 0.3 is 0 Å². The van der Waals surface area contributed by atoms with Crippen LogP contribution in [0.25, 0.3) is 0 Å². The third kappa shape index (κ3) is 5.62. The fourth-order valence-electron chi connectivity index (χ4n) is 0.243. The SMILES string of the molecule is CCS(=O)C=CC(F)F. The quantitative estimate of drug-likeness (QED) is 0.602. The van der Waals surface area contributed by atoms with Crippen LogP contribution in [0.2, 0.25) is 0 Å². The Balaban J connectivity index is 3.57. The van der Waals surface area contributed by atoms with E-state index in [1.54, 1.807) is 6.92 Å². The maximum absolute atomic E-state index is 11.3. The van der Waals surface area contributed by atoms with Crippen LogP contribution in [0.3, 0.4) is 0 Å². The zero-order chi connectivity index (χ0) is 7.28. The van der Waals surface area contributed by atoms with Crippen molar-refractivity contribution in [2.75, 3.05) is 5.75 Å². The van der Waals surface area contributed by atoms with E-state index >= 15 is 0 Å². The Morgan fingerprint density at radius 3 is 2.56 bits per heavy atom. The standard InChI is InChI=1S/C5H8F2OS/c1-2-9(8)4-3-5(6)7/h3-5H,2H2,1H3. The van der Waals surface area contributed by atoms with Gasteiger partial charge < -0.3 is 0 Å². The van der Waals surface area contributed by atoms with Gasteiger partial charge in [-0.15, -0.1) is 0 Å². The van der Waals surface area contributed by atoms with Gasteiger partial charge in [0.25, 0.3) is 6.43 Å². The number of allylic oxidation sites excluding steroid dienone is 1. The van der Waals surface area contributed by atoms with E-state index in [2.05, 4.69) is 0 Å². The van der Waals surface area contributed by atoms with Crippen LogP contribution in [0.15, 0.2) is 11.5 Å². The van der Waals surface area contributed by atoms with Crippen LogP contribution in [0.4, 0.5) is 8.78 Å². The zero-order valence-electron chi connectivity index (χ0n) is 5.01. The first-order chi connectivity index (χ1) is 4.16. The third-order valence-electron chi connectivity index (χ3n) is 0.660. The molecule has 0 aliphatic rings. The predicted octanol–water partition coefficient (Wildman–Crippen LogP) is 1.53. The van der Waals surface area contributed by atoms with Crippen LogP contribution < -0.4 is 0 Å². The van der Waals surface area contributed by atoms with E-state index in [0.717, 1.165) is 5.41 Å². The second kappa shape index (κ2) is 4.61. The lowest BCUT2D eigenvalue weighted by Gasteiger charge is -1.86. The Bertz CT molecular complexity index is 122. The summed E-state index contributed by atoms with van der Waals surface area (Å²) in [6, 6.07) is 0. The van der Waals surface area contributed by atoms with Crippen molar-refractivity contribution in [1.82, 2.24) is 0 Å². The number of rotatable bonds is 3. The maximum Gasteiger partial charge on any atom is 0.257 e. The van der Waals surface area contributed by atoms with Gasteiger partial charge in [-0.2, -0.15) is 0 Å². The van der Waals surface area contributed by atoms with Crippen molar-refractivity contribution in [2.24, 2.45) is 0 Å². The zero-order valence-corrected chi connectivity index (χ0v) is 5.83. The summed E-state index contributed by atoms with van der Waals surface area (Å²) in [4.78, 5) is 0. The summed E-state index contributed by atoms with van der Waals surface area (Å²) in [6.07, 6.45) is -1.85. The molecule has 0 aromatic heterocycles. The Hall–Kier alpha value is -0.250. The van der Waals surface area contributed by atoms with E-state index < -0.39 is 17.2 Å². The first-order valence-electron chi connectivity index (χ1n) is 2.50. The molecule has 0 bridgehead atoms. The minimum absolute atomic E-state index is 0.392. The highest BCUT2D eigenvalue weighted by atomic mass is 32.2. The van der Waals surface area contributed by atoms with E-state index in [9.17, 15) is 13.0 Å². The van der Waals surface area contributed by atoms with Crippen molar-refractivity contribution in [2.45, 2.75) is 13.3 Å². The molecule has 0 N–H and O–H groups in total. The lowest BCUT2D eigenvalue weighted by atomic mass is 10.7. The second-order valence-corrected chi connectivity index (χ2v) is 2.94. The molecule has 0 amide bonds. The minimum Gasteiger partial charge on any atom is -0.255 e. The molecule has 0 radical (unpaired) electrons. The molecule has 4 heteroatoms. The highest BCUT2D eigenvalue weighted by molar-refractivity contribution is 7.87. The molecule has 0 fully saturated rings. The molecular formula is C5H8F2OS. The first kappa shape index (κ1) is 8.75. The van der Waals surface area contributed by atoms with Gasteiger partial charge in [-0.25, -0.2) is 8.78 Å². The fraction of sp³-hybridized carbons (Fsp3) is 0.600. The van der Waals surface area contributed by atoms with Crippen molar-refractivity contribution in [1.29, 1.82) is 0 Å². The van der Waals surface area contributed by atoms with Crippen molar-refractivity contribution in [3.05, 3.63) is 11.5 Å². The number of hydrogen-bond acceptors (Lipinski definition) is 1. The molecule has 0 rings (SSSR count). The van der Waals surface area contributed by atoms with Crippen LogP contribution in [0.1, 0.15) is 6.92 Å². The molecule has 0 saturated carbocycles. The van der Waals surface area contributed by atoms with Gasteiger partial charge in [0.2, 0.25) is 0 Å². The molecular weight excluding hydrogens is 146 g/mol. The molecule has 1 unspecified atom stereocenters. The summed E-state index contributed by atoms with van der Waals surface area (Å²) in [5, 5.41) is 1.02. The van der Waals surface area contributed by atoms with E-state index in [1.807, 2.05) is 0 Å². The summed E-state index contributed by atoms with van der Waals surface area (Å²) in [5.74, 6) is 0.392. The third-order valence-corrected chi connectivity index (χ3v) is 1.69. The summed E-state index contributed by atoms with van der Waals surface area (Å²) in [5.41, 5.74) is 0. The van der Waals surface area contributed by atoms with Crippen LogP contribution >= 0.6 is 0 Å². The van der Waals surface area contributed by atoms with Gasteiger partial charge in [-0.05, 0) is 6.08 Å². The predicted molar refractivity (Wildman–Crippen MR) is 33.8 cm³/mol. The van der Waals surface area contributed by atoms with Crippen LogP contribution in [-0.4, -0.2) is 16.4 Å². The highest BCUT2D eigenvalue weighted by Gasteiger charge is 1.93. The fourth-order valence-corrected chi connectivity index (χ4v) is 0.730. The Morgan fingerprint density at radius 1 is 1.67 bits per heavy atom. The normalized spacial score (nSPS) is 15.1. The van der Waals surface area contributed by atoms with Crippen molar-refractivity contribution in [3.63, 3.8) is 0 Å². The van der Waals surface area contributed by atoms with Crippen molar-refractivity contribution < 1.29 is 13.0 Å². The molecule has 1 atom stereocenters. The van der Waals surface area contributed by atoms with Gasteiger partial charge in [-0.3, -0.25) is 4.21 Å². The molecule has 54 valence electrons. The Kier molecular flexibility index (Phi) is 4.48. The first-order valence-corrected chi connectivity index (χ1v) is 3.88. The summed E-state index contributed by atoms with van der Waals surface area (Å²) in [6.45, 7) is 1.67. The summed E-state index contributed by atoms with van der Waals surface area (Å²) < 4.78 is 33.0. The monoisotopic (exact) mass is 154 g/mol. The molecule has 0 saturated heterocycles. The molecule has 0 aromatic carbocycles.